The van der Waals surface area contributed by atoms with Gasteiger partial charge in [-0.2, -0.15) is 5.10 Å². The van der Waals surface area contributed by atoms with E-state index in [9.17, 15) is 4.79 Å². The first-order chi connectivity index (χ1) is 9.63. The fourth-order valence-corrected chi connectivity index (χ4v) is 1.78. The van der Waals surface area contributed by atoms with Crippen LogP contribution in [0.3, 0.4) is 0 Å². The molecule has 1 aliphatic rings. The van der Waals surface area contributed by atoms with Crippen LogP contribution < -0.4 is 10.2 Å². The maximum absolute atomic E-state index is 11.5. The van der Waals surface area contributed by atoms with Gasteiger partial charge in [0.25, 0.3) is 5.91 Å². The van der Waals surface area contributed by atoms with Crippen LogP contribution in [0.2, 0.25) is 5.02 Å². The van der Waals surface area contributed by atoms with Crippen molar-refractivity contribution in [3.05, 3.63) is 41.1 Å². The van der Waals surface area contributed by atoms with Crippen molar-refractivity contribution in [2.75, 3.05) is 6.61 Å². The Labute approximate surface area is 122 Å². The van der Waals surface area contributed by atoms with E-state index in [0.29, 0.717) is 16.5 Å². The van der Waals surface area contributed by atoms with E-state index < -0.39 is 0 Å². The quantitative estimate of drug-likeness (QED) is 0.670. The Morgan fingerprint density at radius 3 is 3.20 bits per heavy atom. The van der Waals surface area contributed by atoms with Crippen LogP contribution in [0.5, 0.6) is 5.75 Å². The molecule has 1 amide bonds. The third-order valence-electron chi connectivity index (χ3n) is 2.54. The van der Waals surface area contributed by atoms with Crippen molar-refractivity contribution in [3.63, 3.8) is 0 Å². The van der Waals surface area contributed by atoms with Gasteiger partial charge in [0.1, 0.15) is 11.5 Å². The summed E-state index contributed by atoms with van der Waals surface area (Å²) in [5.41, 5.74) is 2.36. The van der Waals surface area contributed by atoms with Gasteiger partial charge in [0.15, 0.2) is 6.61 Å². The average molecular weight is 295 g/mol. The molecule has 0 aromatic heterocycles. The van der Waals surface area contributed by atoms with Crippen LogP contribution in [0.25, 0.3) is 0 Å². The van der Waals surface area contributed by atoms with Gasteiger partial charge < -0.3 is 9.47 Å². The number of allylic oxidation sites excluding steroid dienone is 1. The summed E-state index contributed by atoms with van der Waals surface area (Å²) in [6.07, 6.45) is 4.41. The Hall–Kier alpha value is -2.01. The highest BCUT2D eigenvalue weighted by atomic mass is 35.5. The molecule has 1 aromatic carbocycles. The number of rotatable bonds is 5. The van der Waals surface area contributed by atoms with Gasteiger partial charge in [-0.3, -0.25) is 4.79 Å². The van der Waals surface area contributed by atoms with Crippen LogP contribution in [-0.2, 0) is 9.53 Å². The molecule has 20 heavy (non-hydrogen) atoms. The van der Waals surface area contributed by atoms with E-state index in [4.69, 9.17) is 21.1 Å². The number of hydrogen-bond donors (Lipinski definition) is 1. The maximum atomic E-state index is 11.5. The predicted molar refractivity (Wildman–Crippen MR) is 76.8 cm³/mol. The summed E-state index contributed by atoms with van der Waals surface area (Å²) in [7, 11) is 0. The first-order valence-electron chi connectivity index (χ1n) is 6.20. The minimum atomic E-state index is -0.354. The van der Waals surface area contributed by atoms with Crippen molar-refractivity contribution >= 4 is 23.7 Å². The zero-order chi connectivity index (χ0) is 14.4. The molecule has 1 heterocycles. The zero-order valence-electron chi connectivity index (χ0n) is 11.0. The number of hydrazone groups is 1. The molecule has 0 spiro atoms. The van der Waals surface area contributed by atoms with E-state index in [1.807, 2.05) is 13.0 Å². The van der Waals surface area contributed by atoms with Gasteiger partial charge in [-0.1, -0.05) is 17.7 Å². The Bertz CT molecular complexity index is 543. The highest BCUT2D eigenvalue weighted by molar-refractivity contribution is 6.30. The third kappa shape index (κ3) is 4.59. The van der Waals surface area contributed by atoms with Crippen molar-refractivity contribution < 1.29 is 14.3 Å². The van der Waals surface area contributed by atoms with Crippen LogP contribution in [0.1, 0.15) is 13.3 Å². The van der Waals surface area contributed by atoms with Crippen molar-refractivity contribution in [3.8, 4) is 5.75 Å². The predicted octanol–water partition coefficient (Wildman–Crippen LogP) is 2.51. The third-order valence-corrected chi connectivity index (χ3v) is 2.77. The molecule has 0 aliphatic carbocycles. The second kappa shape index (κ2) is 6.96. The maximum Gasteiger partial charge on any atom is 0.277 e. The summed E-state index contributed by atoms with van der Waals surface area (Å²) in [6, 6.07) is 6.84. The van der Waals surface area contributed by atoms with Crippen molar-refractivity contribution in [1.82, 2.24) is 5.43 Å². The highest BCUT2D eigenvalue weighted by Crippen LogP contribution is 2.16. The molecule has 1 aliphatic heterocycles. The van der Waals surface area contributed by atoms with Crippen LogP contribution in [0, 0.1) is 0 Å². The lowest BCUT2D eigenvalue weighted by atomic mass is 10.3. The fourth-order valence-electron chi connectivity index (χ4n) is 1.60. The van der Waals surface area contributed by atoms with Gasteiger partial charge in [-0.25, -0.2) is 5.43 Å². The molecule has 2 rings (SSSR count). The van der Waals surface area contributed by atoms with E-state index in [1.165, 1.54) is 6.21 Å². The zero-order valence-corrected chi connectivity index (χ0v) is 11.8. The van der Waals surface area contributed by atoms with Crippen molar-refractivity contribution in [2.45, 2.75) is 19.4 Å². The van der Waals surface area contributed by atoms with E-state index in [0.717, 1.165) is 6.42 Å². The summed E-state index contributed by atoms with van der Waals surface area (Å²) < 4.78 is 10.7. The molecule has 0 radical (unpaired) electrons. The van der Waals surface area contributed by atoms with Gasteiger partial charge in [0.05, 0.1) is 12.3 Å². The topological polar surface area (TPSA) is 59.9 Å². The van der Waals surface area contributed by atoms with Gasteiger partial charge in [-0.15, -0.1) is 0 Å². The highest BCUT2D eigenvalue weighted by Gasteiger charge is 2.10. The number of nitrogens with one attached hydrogen (secondary N) is 1. The number of carbonyl (C=O) groups is 1. The molecule has 0 saturated carbocycles. The molecule has 0 bridgehead atoms. The van der Waals surface area contributed by atoms with Gasteiger partial charge in [0, 0.05) is 11.4 Å². The number of ether oxygens (including phenoxy) is 2. The van der Waals surface area contributed by atoms with Crippen LogP contribution in [0.4, 0.5) is 0 Å². The number of halogens is 1. The second-order valence-corrected chi connectivity index (χ2v) is 4.75. The Kier molecular flexibility index (Phi) is 5.01. The molecule has 6 heteroatoms. The van der Waals surface area contributed by atoms with Gasteiger partial charge >= 0.3 is 0 Å². The Balaban J connectivity index is 1.72. The molecule has 0 saturated heterocycles. The summed E-state index contributed by atoms with van der Waals surface area (Å²) in [5, 5.41) is 4.35. The lowest BCUT2D eigenvalue weighted by Crippen LogP contribution is -2.24. The lowest BCUT2D eigenvalue weighted by molar-refractivity contribution is -0.123. The van der Waals surface area contributed by atoms with Gasteiger partial charge in [-0.05, 0) is 31.2 Å². The molecule has 106 valence electrons. The second-order valence-electron chi connectivity index (χ2n) is 4.31. The van der Waals surface area contributed by atoms with E-state index in [2.05, 4.69) is 10.5 Å². The molecular weight excluding hydrogens is 280 g/mol. The van der Waals surface area contributed by atoms with Crippen LogP contribution in [0.15, 0.2) is 41.2 Å². The molecular formula is C14H15ClN2O3. The van der Waals surface area contributed by atoms with E-state index in [1.54, 1.807) is 24.3 Å². The van der Waals surface area contributed by atoms with E-state index >= 15 is 0 Å². The molecule has 5 nitrogen and oxygen atoms in total. The van der Waals surface area contributed by atoms with Crippen molar-refractivity contribution in [2.24, 2.45) is 5.10 Å². The normalized spacial score (nSPS) is 17.7. The number of carbonyl (C=O) groups excluding carboxylic acids is 1. The summed E-state index contributed by atoms with van der Waals surface area (Å²) >= 11 is 5.80. The largest absolute Gasteiger partial charge is 0.489 e. The molecule has 0 fully saturated rings. The summed E-state index contributed by atoms with van der Waals surface area (Å²) in [4.78, 5) is 11.5. The minimum absolute atomic E-state index is 0.131. The number of nitrogens with zero attached hydrogens (tertiary/aromatic N) is 1. The van der Waals surface area contributed by atoms with Crippen LogP contribution >= 0.6 is 11.6 Å². The molecule has 1 N–H and O–H groups in total. The summed E-state index contributed by atoms with van der Waals surface area (Å²) in [5.74, 6) is 0.841. The minimum Gasteiger partial charge on any atom is -0.489 e. The lowest BCUT2D eigenvalue weighted by Gasteiger charge is -2.05. The molecule has 1 unspecified atom stereocenters. The van der Waals surface area contributed by atoms with Gasteiger partial charge in [0.2, 0.25) is 0 Å². The first kappa shape index (κ1) is 14.4. The Morgan fingerprint density at radius 2 is 2.50 bits per heavy atom. The fraction of sp³-hybridized carbons (Fsp3) is 0.286. The molecule has 1 aromatic rings. The Morgan fingerprint density at radius 1 is 1.65 bits per heavy atom. The first-order valence-corrected chi connectivity index (χ1v) is 6.58. The monoisotopic (exact) mass is 294 g/mol. The van der Waals surface area contributed by atoms with Crippen LogP contribution in [-0.4, -0.2) is 24.8 Å². The summed E-state index contributed by atoms with van der Waals surface area (Å²) in [6.45, 7) is 1.84. The average Bonchev–Trinajstić information content (AvgIpc) is 2.82. The number of benzene rings is 1. The molecule has 1 atom stereocenters. The standard InChI is InChI=1S/C14H15ClN2O3/c1-10-5-6-13(20-10)8-16-17-14(18)9-19-12-4-2-3-11(15)7-12/h2-4,6-8,10H,5,9H2,1H3,(H,17,18)/b16-8+. The van der Waals surface area contributed by atoms with Crippen molar-refractivity contribution in [1.29, 1.82) is 0 Å². The smallest absolute Gasteiger partial charge is 0.277 e. The SMILES string of the molecule is CC1CC=C(/C=N/NC(=O)COc2cccc(Cl)c2)O1. The number of amides is 1. The number of hydrogen-bond acceptors (Lipinski definition) is 4. The van der Waals surface area contributed by atoms with E-state index in [-0.39, 0.29) is 18.6 Å².